The van der Waals surface area contributed by atoms with E-state index in [1.54, 1.807) is 0 Å². The van der Waals surface area contributed by atoms with Crippen molar-refractivity contribution >= 4 is 34.6 Å². The van der Waals surface area contributed by atoms with E-state index in [-0.39, 0.29) is 45.8 Å². The summed E-state index contributed by atoms with van der Waals surface area (Å²) in [5.41, 5.74) is -0.142. The van der Waals surface area contributed by atoms with Gasteiger partial charge >= 0.3 is 11.4 Å². The van der Waals surface area contributed by atoms with Crippen LogP contribution in [-0.4, -0.2) is 9.85 Å². The molecule has 2 aromatic carbocycles. The number of ether oxygens (including phenoxy) is 1. The lowest BCUT2D eigenvalue weighted by atomic mass is 10.1. The fourth-order valence-electron chi connectivity index (χ4n) is 2.05. The average molecular weight is 357 g/mol. The van der Waals surface area contributed by atoms with E-state index in [0.29, 0.717) is 0 Å². The Morgan fingerprint density at radius 1 is 0.826 bits per heavy atom. The van der Waals surface area contributed by atoms with Gasteiger partial charge in [-0.05, 0) is 12.1 Å². The number of alkyl halides is 2. The Hall–Kier alpha value is -2.38. The maximum absolute atomic E-state index is 11.2. The molecule has 0 heterocycles. The van der Waals surface area contributed by atoms with E-state index in [1.807, 2.05) is 0 Å². The smallest absolute Gasteiger partial charge is 0.315 e. The summed E-state index contributed by atoms with van der Waals surface area (Å²) in [6, 6.07) is 8.73. The Kier molecular flexibility index (Phi) is 5.36. The molecule has 2 rings (SSSR count). The standard InChI is InChI=1S/C14H10Cl2N2O5/c15-7-9-3-1-5-11(13(9)17(19)20)23-12-6-2-4-10(8-16)14(12)18(21)22/h1-6H,7-8H2. The molecule has 0 bridgehead atoms. The molecule has 0 atom stereocenters. The molecular weight excluding hydrogens is 347 g/mol. The molecule has 23 heavy (non-hydrogen) atoms. The summed E-state index contributed by atoms with van der Waals surface area (Å²) in [5, 5.41) is 22.5. The number of para-hydroxylation sites is 2. The van der Waals surface area contributed by atoms with Gasteiger partial charge in [-0.1, -0.05) is 24.3 Å². The minimum atomic E-state index is -0.635. The van der Waals surface area contributed by atoms with Crippen LogP contribution in [0.3, 0.4) is 0 Å². The molecule has 0 saturated heterocycles. The molecule has 120 valence electrons. The number of nitro groups is 2. The molecule has 0 N–H and O–H groups in total. The Labute approximate surface area is 140 Å². The number of hydrogen-bond acceptors (Lipinski definition) is 5. The van der Waals surface area contributed by atoms with Crippen LogP contribution in [0.25, 0.3) is 0 Å². The minimum absolute atomic E-state index is 0.0860. The van der Waals surface area contributed by atoms with Crippen molar-refractivity contribution in [1.29, 1.82) is 0 Å². The fourth-order valence-corrected chi connectivity index (χ4v) is 2.48. The van der Waals surface area contributed by atoms with Crippen LogP contribution in [0.2, 0.25) is 0 Å². The van der Waals surface area contributed by atoms with Crippen molar-refractivity contribution in [3.63, 3.8) is 0 Å². The summed E-state index contributed by atoms with van der Waals surface area (Å²) >= 11 is 11.4. The summed E-state index contributed by atoms with van der Waals surface area (Å²) in [4.78, 5) is 21.2. The van der Waals surface area contributed by atoms with Crippen molar-refractivity contribution in [2.24, 2.45) is 0 Å². The van der Waals surface area contributed by atoms with E-state index >= 15 is 0 Å². The lowest BCUT2D eigenvalue weighted by Crippen LogP contribution is -2.00. The fraction of sp³-hybridized carbons (Fsp3) is 0.143. The second-order valence-electron chi connectivity index (χ2n) is 4.41. The first-order chi connectivity index (χ1) is 11.0. The predicted octanol–water partition coefficient (Wildman–Crippen LogP) is 4.77. The number of rotatable bonds is 6. The van der Waals surface area contributed by atoms with Crippen molar-refractivity contribution in [3.05, 3.63) is 67.8 Å². The Balaban J connectivity index is 2.57. The van der Waals surface area contributed by atoms with E-state index in [1.165, 1.54) is 36.4 Å². The van der Waals surface area contributed by atoms with Crippen LogP contribution in [0.4, 0.5) is 11.4 Å². The van der Waals surface area contributed by atoms with Crippen molar-refractivity contribution in [1.82, 2.24) is 0 Å². The molecule has 0 spiro atoms. The van der Waals surface area contributed by atoms with Gasteiger partial charge in [-0.2, -0.15) is 0 Å². The van der Waals surface area contributed by atoms with Crippen LogP contribution < -0.4 is 4.74 Å². The van der Waals surface area contributed by atoms with Crippen LogP contribution in [0.5, 0.6) is 11.5 Å². The predicted molar refractivity (Wildman–Crippen MR) is 85.4 cm³/mol. The zero-order valence-corrected chi connectivity index (χ0v) is 13.1. The summed E-state index contributed by atoms with van der Waals surface area (Å²) < 4.78 is 5.45. The van der Waals surface area contributed by atoms with Gasteiger partial charge in [0.1, 0.15) is 0 Å². The SMILES string of the molecule is O=[N+]([O-])c1c(CCl)cccc1Oc1cccc(CCl)c1[N+](=O)[O-]. The molecule has 2 aromatic rings. The van der Waals surface area contributed by atoms with E-state index in [0.717, 1.165) is 0 Å². The molecule has 0 saturated carbocycles. The second-order valence-corrected chi connectivity index (χ2v) is 4.95. The van der Waals surface area contributed by atoms with Crippen LogP contribution in [-0.2, 0) is 11.8 Å². The zero-order chi connectivity index (χ0) is 17.0. The first kappa shape index (κ1) is 17.0. The number of nitrogens with zero attached hydrogens (tertiary/aromatic N) is 2. The maximum Gasteiger partial charge on any atom is 0.315 e. The van der Waals surface area contributed by atoms with Gasteiger partial charge in [0.05, 0.1) is 21.6 Å². The highest BCUT2D eigenvalue weighted by Crippen LogP contribution is 2.39. The molecule has 0 aliphatic carbocycles. The molecule has 9 heteroatoms. The number of nitro benzene ring substituents is 2. The van der Waals surface area contributed by atoms with Gasteiger partial charge in [0.15, 0.2) is 0 Å². The monoisotopic (exact) mass is 356 g/mol. The molecule has 0 amide bonds. The van der Waals surface area contributed by atoms with Gasteiger partial charge in [-0.15, -0.1) is 23.2 Å². The molecule has 0 aliphatic rings. The van der Waals surface area contributed by atoms with E-state index < -0.39 is 9.85 Å². The minimum Gasteiger partial charge on any atom is -0.443 e. The van der Waals surface area contributed by atoms with Crippen LogP contribution >= 0.6 is 23.2 Å². The molecule has 0 aromatic heterocycles. The van der Waals surface area contributed by atoms with Gasteiger partial charge in [0.2, 0.25) is 11.5 Å². The van der Waals surface area contributed by atoms with Gasteiger partial charge in [-0.3, -0.25) is 20.2 Å². The highest BCUT2D eigenvalue weighted by molar-refractivity contribution is 6.17. The molecule has 0 radical (unpaired) electrons. The third-order valence-electron chi connectivity index (χ3n) is 3.04. The Bertz CT molecular complexity index is 703. The van der Waals surface area contributed by atoms with Crippen molar-refractivity contribution in [2.45, 2.75) is 11.8 Å². The van der Waals surface area contributed by atoms with Gasteiger partial charge in [-0.25, -0.2) is 0 Å². The molecule has 0 aliphatic heterocycles. The van der Waals surface area contributed by atoms with Crippen LogP contribution in [0.1, 0.15) is 11.1 Å². The number of halogens is 2. The van der Waals surface area contributed by atoms with Crippen LogP contribution in [0, 0.1) is 20.2 Å². The van der Waals surface area contributed by atoms with Crippen molar-refractivity contribution in [3.8, 4) is 11.5 Å². The van der Waals surface area contributed by atoms with Crippen LogP contribution in [0.15, 0.2) is 36.4 Å². The largest absolute Gasteiger partial charge is 0.443 e. The van der Waals surface area contributed by atoms with E-state index in [2.05, 4.69) is 0 Å². The Morgan fingerprint density at radius 2 is 1.22 bits per heavy atom. The lowest BCUT2D eigenvalue weighted by molar-refractivity contribution is -0.388. The maximum atomic E-state index is 11.2. The summed E-state index contributed by atoms with van der Waals surface area (Å²) in [6.45, 7) is 0. The van der Waals surface area contributed by atoms with Gasteiger partial charge < -0.3 is 4.74 Å². The molecule has 7 nitrogen and oxygen atoms in total. The van der Waals surface area contributed by atoms with E-state index in [4.69, 9.17) is 27.9 Å². The Morgan fingerprint density at radius 3 is 1.52 bits per heavy atom. The highest BCUT2D eigenvalue weighted by atomic mass is 35.5. The summed E-state index contributed by atoms with van der Waals surface area (Å²) in [6.07, 6.45) is 0. The first-order valence-corrected chi connectivity index (χ1v) is 7.38. The number of benzene rings is 2. The van der Waals surface area contributed by atoms with Gasteiger partial charge in [0, 0.05) is 11.1 Å². The average Bonchev–Trinajstić information content (AvgIpc) is 2.53. The quantitative estimate of drug-likeness (QED) is 0.421. The zero-order valence-electron chi connectivity index (χ0n) is 11.6. The lowest BCUT2D eigenvalue weighted by Gasteiger charge is -2.10. The summed E-state index contributed by atoms with van der Waals surface area (Å²) in [5.74, 6) is -0.416. The highest BCUT2D eigenvalue weighted by Gasteiger charge is 2.25. The third-order valence-corrected chi connectivity index (χ3v) is 3.61. The third kappa shape index (κ3) is 3.52. The van der Waals surface area contributed by atoms with E-state index in [9.17, 15) is 20.2 Å². The molecule has 0 unspecified atom stereocenters. The topological polar surface area (TPSA) is 95.5 Å². The van der Waals surface area contributed by atoms with Crippen molar-refractivity contribution < 1.29 is 14.6 Å². The number of hydrogen-bond donors (Lipinski definition) is 0. The molecular formula is C14H10Cl2N2O5. The van der Waals surface area contributed by atoms with Gasteiger partial charge in [0.25, 0.3) is 0 Å². The second kappa shape index (κ2) is 7.26. The summed E-state index contributed by atoms with van der Waals surface area (Å²) in [7, 11) is 0. The normalized spacial score (nSPS) is 10.3. The molecule has 0 fully saturated rings. The van der Waals surface area contributed by atoms with Crippen molar-refractivity contribution in [2.75, 3.05) is 0 Å². The first-order valence-electron chi connectivity index (χ1n) is 6.32.